The second kappa shape index (κ2) is 9.08. The first-order valence-electron chi connectivity index (χ1n) is 12.3. The van der Waals surface area contributed by atoms with E-state index >= 15 is 0 Å². The van der Waals surface area contributed by atoms with Gasteiger partial charge >= 0.3 is 0 Å². The number of hydrogen-bond acceptors (Lipinski definition) is 5. The van der Waals surface area contributed by atoms with Crippen LogP contribution in [0.2, 0.25) is 0 Å². The molecule has 0 aliphatic rings. The average Bonchev–Trinajstić information content (AvgIpc) is 3.22. The number of phenolic OH excluding ortho intramolecular Hbond substituents is 1. The van der Waals surface area contributed by atoms with Crippen molar-refractivity contribution in [1.29, 1.82) is 0 Å². The Kier molecular flexibility index (Phi) is 6.41. The highest BCUT2D eigenvalue weighted by molar-refractivity contribution is 6.00. The quantitative estimate of drug-likeness (QED) is 0.319. The molecule has 0 spiro atoms. The van der Waals surface area contributed by atoms with Crippen LogP contribution >= 0.6 is 0 Å². The third-order valence-electron chi connectivity index (χ3n) is 6.30. The molecule has 0 aliphatic heterocycles. The van der Waals surface area contributed by atoms with Crippen LogP contribution in [0.1, 0.15) is 75.5 Å². The fourth-order valence-electron chi connectivity index (χ4n) is 4.25. The summed E-state index contributed by atoms with van der Waals surface area (Å²) in [7, 11) is 0. The van der Waals surface area contributed by atoms with E-state index in [1.807, 2.05) is 90.9 Å². The summed E-state index contributed by atoms with van der Waals surface area (Å²) < 4.78 is 6.24. The summed E-state index contributed by atoms with van der Waals surface area (Å²) in [5, 5.41) is 20.2. The molecule has 0 saturated heterocycles. The monoisotopic (exact) mass is 485 g/mol. The second-order valence-electron chi connectivity index (χ2n) is 11.5. The third kappa shape index (κ3) is 4.99. The van der Waals surface area contributed by atoms with Gasteiger partial charge in [-0.1, -0.05) is 59.7 Å². The number of fused-ring (bicyclic) bond motifs is 1. The van der Waals surface area contributed by atoms with E-state index in [2.05, 4.69) is 10.2 Å². The van der Waals surface area contributed by atoms with E-state index in [1.54, 1.807) is 23.9 Å². The van der Waals surface area contributed by atoms with E-state index in [0.717, 1.165) is 27.7 Å². The molecule has 1 atom stereocenters. The summed E-state index contributed by atoms with van der Waals surface area (Å²) in [6, 6.07) is 17.0. The molecule has 36 heavy (non-hydrogen) atoms. The molecule has 0 bridgehead atoms. The van der Waals surface area contributed by atoms with Gasteiger partial charge in [0.1, 0.15) is 28.2 Å². The van der Waals surface area contributed by atoms with Crippen LogP contribution < -0.4 is 4.74 Å². The van der Waals surface area contributed by atoms with Crippen LogP contribution in [0.3, 0.4) is 0 Å². The van der Waals surface area contributed by atoms with Crippen molar-refractivity contribution >= 4 is 16.8 Å². The maximum absolute atomic E-state index is 13.6. The molecule has 0 fully saturated rings. The molecule has 0 saturated carbocycles. The number of ether oxygens (including phenoxy) is 1. The molecular formula is C30H35N3O3. The first-order chi connectivity index (χ1) is 16.8. The number of Topliss-reactive ketones (excluding diaryl/α,β-unsaturated/α-hetero) is 1. The van der Waals surface area contributed by atoms with E-state index in [-0.39, 0.29) is 22.4 Å². The van der Waals surface area contributed by atoms with Gasteiger partial charge in [-0.3, -0.25) is 4.79 Å². The highest BCUT2D eigenvalue weighted by atomic mass is 16.5. The number of hydrogen-bond donors (Lipinski definition) is 1. The van der Waals surface area contributed by atoms with Crippen molar-refractivity contribution in [3.63, 3.8) is 0 Å². The molecule has 0 aliphatic carbocycles. The van der Waals surface area contributed by atoms with Gasteiger partial charge in [-0.15, -0.1) is 15.0 Å². The SMILES string of the molecule is Cc1ccc(OC(C)C(=O)c2cc(C(C)(C)C)c(O)c(C(C)(C)C)c2)c(-n2nc3ccccc3n2)c1. The number of phenols is 1. The molecule has 1 heterocycles. The number of ketones is 1. The smallest absolute Gasteiger partial charge is 0.203 e. The Labute approximate surface area is 212 Å². The molecule has 188 valence electrons. The fourth-order valence-corrected chi connectivity index (χ4v) is 4.25. The Bertz CT molecular complexity index is 1370. The van der Waals surface area contributed by atoms with E-state index in [0.29, 0.717) is 17.0 Å². The lowest BCUT2D eigenvalue weighted by molar-refractivity contribution is 0.0817. The lowest BCUT2D eigenvalue weighted by atomic mass is 9.78. The molecule has 1 N–H and O–H groups in total. The summed E-state index contributed by atoms with van der Waals surface area (Å²) in [5.74, 6) is 0.612. The van der Waals surface area contributed by atoms with Crippen LogP contribution in [0.4, 0.5) is 0 Å². The third-order valence-corrected chi connectivity index (χ3v) is 6.30. The average molecular weight is 486 g/mol. The molecule has 0 radical (unpaired) electrons. The normalized spacial score (nSPS) is 13.1. The number of carbonyl (C=O) groups excluding carboxylic acids is 1. The number of aromatic hydroxyl groups is 1. The van der Waals surface area contributed by atoms with Crippen LogP contribution in [0.15, 0.2) is 54.6 Å². The Morgan fingerprint density at radius 2 is 1.42 bits per heavy atom. The minimum Gasteiger partial charge on any atom is -0.507 e. The number of nitrogens with zero attached hydrogens (tertiary/aromatic N) is 3. The zero-order chi connectivity index (χ0) is 26.4. The lowest BCUT2D eigenvalue weighted by Gasteiger charge is -2.28. The molecule has 6 nitrogen and oxygen atoms in total. The zero-order valence-electron chi connectivity index (χ0n) is 22.4. The molecular weight excluding hydrogens is 450 g/mol. The Balaban J connectivity index is 1.72. The van der Waals surface area contributed by atoms with Gasteiger partial charge in [0.2, 0.25) is 5.78 Å². The molecule has 1 aromatic heterocycles. The largest absolute Gasteiger partial charge is 0.507 e. The van der Waals surface area contributed by atoms with Gasteiger partial charge in [-0.25, -0.2) is 0 Å². The lowest BCUT2D eigenvalue weighted by Crippen LogP contribution is -2.26. The Morgan fingerprint density at radius 3 is 1.92 bits per heavy atom. The maximum Gasteiger partial charge on any atom is 0.203 e. The van der Waals surface area contributed by atoms with Gasteiger partial charge in [0.05, 0.1) is 0 Å². The number of aryl methyl sites for hydroxylation is 1. The summed E-state index contributed by atoms with van der Waals surface area (Å²) in [6.45, 7) is 15.9. The van der Waals surface area contributed by atoms with Gasteiger partial charge in [-0.2, -0.15) is 0 Å². The summed E-state index contributed by atoms with van der Waals surface area (Å²) >= 11 is 0. The van der Waals surface area contributed by atoms with E-state index < -0.39 is 6.10 Å². The van der Waals surface area contributed by atoms with Gasteiger partial charge in [0.25, 0.3) is 0 Å². The number of rotatable bonds is 5. The van der Waals surface area contributed by atoms with Crippen LogP contribution in [-0.4, -0.2) is 32.0 Å². The highest BCUT2D eigenvalue weighted by Gasteiger charge is 2.29. The van der Waals surface area contributed by atoms with Crippen LogP contribution in [0, 0.1) is 6.92 Å². The predicted octanol–water partition coefficient (Wildman–Crippen LogP) is 6.68. The van der Waals surface area contributed by atoms with Crippen molar-refractivity contribution in [1.82, 2.24) is 15.0 Å². The minimum absolute atomic E-state index is 0.156. The zero-order valence-corrected chi connectivity index (χ0v) is 22.4. The number of benzene rings is 3. The highest BCUT2D eigenvalue weighted by Crippen LogP contribution is 2.40. The Hall–Kier alpha value is -3.67. The first kappa shape index (κ1) is 25.4. The van der Waals surface area contributed by atoms with Crippen LogP contribution in [-0.2, 0) is 10.8 Å². The van der Waals surface area contributed by atoms with Gasteiger partial charge in [-0.05, 0) is 66.6 Å². The van der Waals surface area contributed by atoms with Crippen LogP contribution in [0.25, 0.3) is 16.7 Å². The van der Waals surface area contributed by atoms with E-state index in [9.17, 15) is 9.90 Å². The Morgan fingerprint density at radius 1 is 0.889 bits per heavy atom. The van der Waals surface area contributed by atoms with Crippen molar-refractivity contribution in [2.24, 2.45) is 0 Å². The van der Waals surface area contributed by atoms with Crippen molar-refractivity contribution in [2.45, 2.75) is 72.3 Å². The van der Waals surface area contributed by atoms with Crippen molar-refractivity contribution in [3.05, 3.63) is 76.9 Å². The van der Waals surface area contributed by atoms with Crippen molar-refractivity contribution in [3.8, 4) is 17.2 Å². The van der Waals surface area contributed by atoms with Gasteiger partial charge in [0.15, 0.2) is 6.10 Å². The van der Waals surface area contributed by atoms with Crippen molar-refractivity contribution in [2.75, 3.05) is 0 Å². The number of aromatic nitrogens is 3. The topological polar surface area (TPSA) is 77.2 Å². The van der Waals surface area contributed by atoms with E-state index in [1.165, 1.54) is 0 Å². The number of carbonyl (C=O) groups is 1. The molecule has 4 rings (SSSR count). The first-order valence-corrected chi connectivity index (χ1v) is 12.3. The van der Waals surface area contributed by atoms with Crippen LogP contribution in [0.5, 0.6) is 11.5 Å². The maximum atomic E-state index is 13.6. The molecule has 0 amide bonds. The summed E-state index contributed by atoms with van der Waals surface area (Å²) in [6.07, 6.45) is -0.762. The fraction of sp³-hybridized carbons (Fsp3) is 0.367. The van der Waals surface area contributed by atoms with Gasteiger partial charge < -0.3 is 9.84 Å². The van der Waals surface area contributed by atoms with Gasteiger partial charge in [0, 0.05) is 16.7 Å². The minimum atomic E-state index is -0.762. The van der Waals surface area contributed by atoms with E-state index in [4.69, 9.17) is 4.74 Å². The second-order valence-corrected chi connectivity index (χ2v) is 11.5. The van der Waals surface area contributed by atoms with Crippen molar-refractivity contribution < 1.29 is 14.6 Å². The predicted molar refractivity (Wildman–Crippen MR) is 144 cm³/mol. The summed E-state index contributed by atoms with van der Waals surface area (Å²) in [5.41, 5.74) is 4.60. The molecule has 1 unspecified atom stereocenters. The molecule has 3 aromatic carbocycles. The summed E-state index contributed by atoms with van der Waals surface area (Å²) in [4.78, 5) is 15.2. The standard InChI is InChI=1S/C30H35N3O3/c1-18-13-14-26(25(15-18)33-31-23-11-9-10-12-24(23)32-33)36-19(2)27(34)20-16-21(29(3,4)5)28(35)22(17-20)30(6,7)8/h9-17,19,35H,1-8H3. The molecule has 6 heteroatoms. The molecule has 4 aromatic rings.